The number of nitrogens with zero attached hydrogens (tertiary/aromatic N) is 3. The summed E-state index contributed by atoms with van der Waals surface area (Å²) in [6, 6.07) is -0.999. The zero-order valence-electron chi connectivity index (χ0n) is 19.5. The number of nitrogens with one attached hydrogen (secondary N) is 1. The lowest BCUT2D eigenvalue weighted by Gasteiger charge is -2.33. The first-order chi connectivity index (χ1) is 15.5. The first kappa shape index (κ1) is 24.6. The van der Waals surface area contributed by atoms with Crippen LogP contribution in [-0.2, 0) is 24.9 Å². The molecule has 6 atom stereocenters. The van der Waals surface area contributed by atoms with Gasteiger partial charge in [-0.3, -0.25) is 4.90 Å². The molecule has 1 aliphatic heterocycles. The van der Waals surface area contributed by atoms with Gasteiger partial charge in [0, 0.05) is 29.9 Å². The molecule has 1 saturated heterocycles. The van der Waals surface area contributed by atoms with Gasteiger partial charge in [0.25, 0.3) is 0 Å². The predicted molar refractivity (Wildman–Crippen MR) is 124 cm³/mol. The zero-order chi connectivity index (χ0) is 24.0. The normalized spacial score (nSPS) is 33.8. The standard InChI is InChI=1S/C22H33ClN4O5S/c1-13(2)32-21(28)27-14(3)7-18(26-33(4,29)30)19(27)12-31-17-5-6-22(9-15(22)8-17)20-24-10-16(23)11-25-20/h10-11,13-15,17-19,26H,5-9,12H2,1-4H3/t14-,15-,17+,18+,19+,22-/m1/s1. The van der Waals surface area contributed by atoms with Gasteiger partial charge >= 0.3 is 6.09 Å². The zero-order valence-corrected chi connectivity index (χ0v) is 21.1. The molecule has 0 bridgehead atoms. The molecule has 0 unspecified atom stereocenters. The van der Waals surface area contributed by atoms with E-state index in [0.717, 1.165) is 37.8 Å². The van der Waals surface area contributed by atoms with Gasteiger partial charge in [-0.2, -0.15) is 0 Å². The van der Waals surface area contributed by atoms with Gasteiger partial charge in [0.2, 0.25) is 10.0 Å². The molecule has 11 heteroatoms. The van der Waals surface area contributed by atoms with Crippen molar-refractivity contribution in [1.29, 1.82) is 0 Å². The fraction of sp³-hybridized carbons (Fsp3) is 0.773. The maximum absolute atomic E-state index is 12.8. The summed E-state index contributed by atoms with van der Waals surface area (Å²) in [5.74, 6) is 1.33. The van der Waals surface area contributed by atoms with E-state index in [-0.39, 0.29) is 30.3 Å². The lowest BCUT2D eigenvalue weighted by Crippen LogP contribution is -2.50. The van der Waals surface area contributed by atoms with Gasteiger partial charge < -0.3 is 9.47 Å². The smallest absolute Gasteiger partial charge is 0.410 e. The van der Waals surface area contributed by atoms with Crippen LogP contribution < -0.4 is 4.72 Å². The molecule has 4 rings (SSSR count). The third-order valence-corrected chi connectivity index (χ3v) is 7.99. The number of hydrogen-bond acceptors (Lipinski definition) is 7. The maximum atomic E-state index is 12.8. The first-order valence-corrected chi connectivity index (χ1v) is 13.8. The number of aromatic nitrogens is 2. The van der Waals surface area contributed by atoms with Gasteiger partial charge in [-0.15, -0.1) is 0 Å². The molecule has 0 aromatic carbocycles. The molecular formula is C22H33ClN4O5S. The molecule has 3 fully saturated rings. The van der Waals surface area contributed by atoms with Crippen molar-refractivity contribution in [3.05, 3.63) is 23.2 Å². The van der Waals surface area contributed by atoms with E-state index in [4.69, 9.17) is 21.1 Å². The van der Waals surface area contributed by atoms with Crippen molar-refractivity contribution in [2.24, 2.45) is 5.92 Å². The van der Waals surface area contributed by atoms with E-state index in [1.165, 1.54) is 0 Å². The number of rotatable bonds is 7. The molecular weight excluding hydrogens is 468 g/mol. The van der Waals surface area contributed by atoms with Gasteiger partial charge in [-0.1, -0.05) is 11.6 Å². The molecule has 184 valence electrons. The lowest BCUT2D eigenvalue weighted by molar-refractivity contribution is -0.0147. The molecule has 9 nitrogen and oxygen atoms in total. The summed E-state index contributed by atoms with van der Waals surface area (Å²) in [4.78, 5) is 23.3. The van der Waals surface area contributed by atoms with E-state index in [1.807, 2.05) is 6.92 Å². The Bertz CT molecular complexity index is 976. The molecule has 0 spiro atoms. The number of halogens is 1. The highest BCUT2D eigenvalue weighted by atomic mass is 35.5. The van der Waals surface area contributed by atoms with Crippen LogP contribution in [0.25, 0.3) is 0 Å². The number of carbonyl (C=O) groups excluding carboxylic acids is 1. The van der Waals surface area contributed by atoms with E-state index in [1.54, 1.807) is 31.1 Å². The van der Waals surface area contributed by atoms with E-state index in [2.05, 4.69) is 14.7 Å². The number of likely N-dealkylation sites (tertiary alicyclic amines) is 1. The Morgan fingerprint density at radius 3 is 2.64 bits per heavy atom. The Hall–Kier alpha value is -1.49. The highest BCUT2D eigenvalue weighted by Gasteiger charge is 2.60. The molecule has 1 N–H and O–H groups in total. The number of carbonyl (C=O) groups is 1. The van der Waals surface area contributed by atoms with E-state index < -0.39 is 28.2 Å². The Balaban J connectivity index is 1.40. The van der Waals surface area contributed by atoms with Crippen LogP contribution >= 0.6 is 11.6 Å². The summed E-state index contributed by atoms with van der Waals surface area (Å²) < 4.78 is 38.3. The van der Waals surface area contributed by atoms with Crippen molar-refractivity contribution in [1.82, 2.24) is 19.6 Å². The first-order valence-electron chi connectivity index (χ1n) is 11.5. The molecule has 3 aliphatic rings. The van der Waals surface area contributed by atoms with Crippen molar-refractivity contribution >= 4 is 27.7 Å². The minimum Gasteiger partial charge on any atom is -0.447 e. The van der Waals surface area contributed by atoms with Gasteiger partial charge in [0.1, 0.15) is 5.82 Å². The number of amides is 1. The van der Waals surface area contributed by atoms with E-state index >= 15 is 0 Å². The molecule has 1 amide bonds. The number of ether oxygens (including phenoxy) is 2. The van der Waals surface area contributed by atoms with Crippen LogP contribution in [0.3, 0.4) is 0 Å². The lowest BCUT2D eigenvalue weighted by atomic mass is 9.86. The third-order valence-electron chi connectivity index (χ3n) is 7.06. The minimum atomic E-state index is -3.43. The van der Waals surface area contributed by atoms with Crippen LogP contribution in [0.15, 0.2) is 12.4 Å². The van der Waals surface area contributed by atoms with Gasteiger partial charge in [0.15, 0.2) is 0 Å². The van der Waals surface area contributed by atoms with Crippen LogP contribution in [0.2, 0.25) is 5.02 Å². The Labute approximate surface area is 200 Å². The third kappa shape index (κ3) is 5.44. The molecule has 1 aromatic rings. The van der Waals surface area contributed by atoms with Crippen LogP contribution in [0, 0.1) is 5.92 Å². The van der Waals surface area contributed by atoms with Gasteiger partial charge in [-0.25, -0.2) is 27.9 Å². The monoisotopic (exact) mass is 500 g/mol. The molecule has 33 heavy (non-hydrogen) atoms. The largest absolute Gasteiger partial charge is 0.447 e. The van der Waals surface area contributed by atoms with Crippen LogP contribution in [0.1, 0.15) is 58.7 Å². The van der Waals surface area contributed by atoms with Crippen LogP contribution in [-0.4, -0.2) is 72.6 Å². The molecule has 2 saturated carbocycles. The van der Waals surface area contributed by atoms with E-state index in [9.17, 15) is 13.2 Å². The fourth-order valence-electron chi connectivity index (χ4n) is 5.53. The van der Waals surface area contributed by atoms with Crippen molar-refractivity contribution in [2.75, 3.05) is 12.9 Å². The Kier molecular flexibility index (Phi) is 6.93. The van der Waals surface area contributed by atoms with Crippen molar-refractivity contribution in [2.45, 2.75) is 88.6 Å². The highest BCUT2D eigenvalue weighted by molar-refractivity contribution is 7.88. The van der Waals surface area contributed by atoms with E-state index in [0.29, 0.717) is 17.4 Å². The van der Waals surface area contributed by atoms with Crippen molar-refractivity contribution in [3.8, 4) is 0 Å². The second-order valence-corrected chi connectivity index (χ2v) is 12.2. The summed E-state index contributed by atoms with van der Waals surface area (Å²) in [6.07, 6.45) is 8.05. The van der Waals surface area contributed by atoms with Gasteiger partial charge in [0.05, 0.1) is 36.1 Å². The van der Waals surface area contributed by atoms with Crippen molar-refractivity contribution in [3.63, 3.8) is 0 Å². The quantitative estimate of drug-likeness (QED) is 0.612. The molecule has 0 radical (unpaired) electrons. The highest BCUT2D eigenvalue weighted by Crippen LogP contribution is 2.61. The SMILES string of the molecule is CC(C)OC(=O)N1[C@H](C)C[C@H](NS(C)(=O)=O)[C@@H]1CO[C@H]1CC[C@@]2(c3ncc(Cl)cn3)C[C@H]2C1. The maximum Gasteiger partial charge on any atom is 0.410 e. The summed E-state index contributed by atoms with van der Waals surface area (Å²) in [7, 11) is -3.43. The fourth-order valence-corrected chi connectivity index (χ4v) is 6.43. The minimum absolute atomic E-state index is 0.0276. The topological polar surface area (TPSA) is 111 Å². The second kappa shape index (κ2) is 9.28. The molecule has 2 heterocycles. The Morgan fingerprint density at radius 2 is 2.03 bits per heavy atom. The van der Waals surface area contributed by atoms with Crippen LogP contribution in [0.4, 0.5) is 4.79 Å². The second-order valence-electron chi connectivity index (χ2n) is 10.0. The summed E-state index contributed by atoms with van der Waals surface area (Å²) >= 11 is 5.94. The molecule has 1 aromatic heterocycles. The van der Waals surface area contributed by atoms with Crippen LogP contribution in [0.5, 0.6) is 0 Å². The molecule has 2 aliphatic carbocycles. The summed E-state index contributed by atoms with van der Waals surface area (Å²) in [5.41, 5.74) is 0.0276. The predicted octanol–water partition coefficient (Wildman–Crippen LogP) is 2.88. The number of hydrogen-bond donors (Lipinski definition) is 1. The number of fused-ring (bicyclic) bond motifs is 1. The number of sulfonamides is 1. The average molecular weight is 501 g/mol. The van der Waals surface area contributed by atoms with Gasteiger partial charge in [-0.05, 0) is 58.8 Å². The summed E-state index contributed by atoms with van der Waals surface area (Å²) in [6.45, 7) is 5.76. The summed E-state index contributed by atoms with van der Waals surface area (Å²) in [5, 5.41) is 0.535. The Morgan fingerprint density at radius 1 is 1.33 bits per heavy atom. The van der Waals surface area contributed by atoms with Crippen molar-refractivity contribution < 1.29 is 22.7 Å². The average Bonchev–Trinajstić information content (AvgIpc) is 3.36.